The lowest BCUT2D eigenvalue weighted by atomic mass is 9.97. The predicted octanol–water partition coefficient (Wildman–Crippen LogP) is 3.94. The van der Waals surface area contributed by atoms with E-state index in [4.69, 9.17) is 4.74 Å². The monoisotopic (exact) mass is 282 g/mol. The number of rotatable bonds is 4. The number of hydrogen-bond acceptors (Lipinski definition) is 3. The summed E-state index contributed by atoms with van der Waals surface area (Å²) >= 11 is 0. The van der Waals surface area contributed by atoms with Crippen LogP contribution in [0, 0.1) is 6.92 Å². The maximum absolute atomic E-state index is 11.5. The number of esters is 1. The first kappa shape index (κ1) is 14.9. The Bertz CT molecular complexity index is 672. The first-order valence-electron chi connectivity index (χ1n) is 6.85. The van der Waals surface area contributed by atoms with Crippen LogP contribution in [-0.2, 0) is 9.53 Å². The number of carbonyl (C=O) groups excluding carboxylic acids is 1. The number of para-hydroxylation sites is 1. The van der Waals surface area contributed by atoms with E-state index in [-0.39, 0.29) is 11.7 Å². The number of ether oxygens (including phenoxy) is 1. The Morgan fingerprint density at radius 3 is 2.67 bits per heavy atom. The number of aryl methyl sites for hydroxylation is 1. The highest BCUT2D eigenvalue weighted by molar-refractivity contribution is 5.89. The van der Waals surface area contributed by atoms with Crippen molar-refractivity contribution in [3.8, 4) is 16.9 Å². The first-order chi connectivity index (χ1) is 10.1. The van der Waals surface area contributed by atoms with Gasteiger partial charge in [0.05, 0.1) is 6.61 Å². The fourth-order valence-corrected chi connectivity index (χ4v) is 2.11. The lowest BCUT2D eigenvalue weighted by Crippen LogP contribution is -1.98. The van der Waals surface area contributed by atoms with Crippen molar-refractivity contribution in [3.05, 3.63) is 59.7 Å². The number of benzene rings is 2. The number of phenolic OH excluding ortho intramolecular Hbond substituents is 1. The summed E-state index contributed by atoms with van der Waals surface area (Å²) in [7, 11) is 0. The molecule has 0 bridgehead atoms. The molecule has 3 nitrogen and oxygen atoms in total. The van der Waals surface area contributed by atoms with Crippen LogP contribution in [0.1, 0.15) is 18.1 Å². The van der Waals surface area contributed by atoms with Gasteiger partial charge in [-0.25, -0.2) is 4.79 Å². The highest BCUT2D eigenvalue weighted by Crippen LogP contribution is 2.32. The zero-order valence-corrected chi connectivity index (χ0v) is 12.2. The molecule has 0 atom stereocenters. The average Bonchev–Trinajstić information content (AvgIpc) is 2.46. The summed E-state index contributed by atoms with van der Waals surface area (Å²) in [6.45, 7) is 4.10. The Morgan fingerprint density at radius 1 is 1.19 bits per heavy atom. The number of hydrogen-bond donors (Lipinski definition) is 1. The van der Waals surface area contributed by atoms with E-state index in [9.17, 15) is 9.90 Å². The molecule has 108 valence electrons. The Hall–Kier alpha value is -2.55. The molecule has 0 aliphatic rings. The minimum Gasteiger partial charge on any atom is -0.507 e. The number of carbonyl (C=O) groups is 1. The highest BCUT2D eigenvalue weighted by Gasteiger charge is 2.08. The normalized spacial score (nSPS) is 10.8. The van der Waals surface area contributed by atoms with Crippen molar-refractivity contribution < 1.29 is 14.6 Å². The molecule has 0 aliphatic heterocycles. The van der Waals surface area contributed by atoms with E-state index in [0.717, 1.165) is 22.3 Å². The zero-order chi connectivity index (χ0) is 15.2. The van der Waals surface area contributed by atoms with Gasteiger partial charge in [0.25, 0.3) is 0 Å². The maximum atomic E-state index is 11.5. The van der Waals surface area contributed by atoms with Crippen molar-refractivity contribution in [1.29, 1.82) is 0 Å². The molecular weight excluding hydrogens is 264 g/mol. The van der Waals surface area contributed by atoms with Crippen molar-refractivity contribution in [2.75, 3.05) is 6.61 Å². The molecule has 21 heavy (non-hydrogen) atoms. The summed E-state index contributed by atoms with van der Waals surface area (Å²) in [5, 5.41) is 10.0. The van der Waals surface area contributed by atoms with Crippen molar-refractivity contribution in [2.45, 2.75) is 13.8 Å². The Labute approximate surface area is 124 Å². The van der Waals surface area contributed by atoms with Crippen LogP contribution in [0.15, 0.2) is 48.5 Å². The molecule has 0 unspecified atom stereocenters. The van der Waals surface area contributed by atoms with Gasteiger partial charge in [0.15, 0.2) is 0 Å². The third-order valence-corrected chi connectivity index (χ3v) is 3.09. The van der Waals surface area contributed by atoms with Crippen LogP contribution in [-0.4, -0.2) is 17.7 Å². The van der Waals surface area contributed by atoms with Gasteiger partial charge in [-0.05, 0) is 37.1 Å². The number of aromatic hydroxyl groups is 1. The number of phenols is 1. The second kappa shape index (κ2) is 6.75. The first-order valence-corrected chi connectivity index (χ1v) is 6.85. The molecule has 0 saturated carbocycles. The molecule has 2 aromatic carbocycles. The smallest absolute Gasteiger partial charge is 0.330 e. The van der Waals surface area contributed by atoms with Gasteiger partial charge in [0.1, 0.15) is 5.75 Å². The van der Waals surface area contributed by atoms with Gasteiger partial charge >= 0.3 is 5.97 Å². The van der Waals surface area contributed by atoms with E-state index < -0.39 is 0 Å². The quantitative estimate of drug-likeness (QED) is 0.682. The Balaban J connectivity index is 2.44. The topological polar surface area (TPSA) is 46.5 Å². The summed E-state index contributed by atoms with van der Waals surface area (Å²) in [5.74, 6) is -0.158. The summed E-state index contributed by atoms with van der Waals surface area (Å²) in [5.41, 5.74) is 3.56. The van der Waals surface area contributed by atoms with Crippen LogP contribution in [0.3, 0.4) is 0 Å². The molecule has 0 heterocycles. The standard InChI is InChI=1S/C18H18O3/c1-3-21-18(20)11-9-14-12-13(2)8-10-15(14)16-6-4-5-7-17(16)19/h4-12,19H,3H2,1-2H3/b11-9+. The van der Waals surface area contributed by atoms with Gasteiger partial charge in [0, 0.05) is 11.6 Å². The molecule has 3 heteroatoms. The lowest BCUT2D eigenvalue weighted by Gasteiger charge is -2.09. The average molecular weight is 282 g/mol. The van der Waals surface area contributed by atoms with Crippen molar-refractivity contribution >= 4 is 12.0 Å². The molecule has 2 rings (SSSR count). The summed E-state index contributed by atoms with van der Waals surface area (Å²) < 4.78 is 4.89. The van der Waals surface area contributed by atoms with E-state index in [0.29, 0.717) is 6.61 Å². The van der Waals surface area contributed by atoms with Gasteiger partial charge in [0.2, 0.25) is 0 Å². The summed E-state index contributed by atoms with van der Waals surface area (Å²) in [6.07, 6.45) is 3.12. The van der Waals surface area contributed by atoms with Crippen LogP contribution in [0.5, 0.6) is 5.75 Å². The van der Waals surface area contributed by atoms with Gasteiger partial charge in [-0.2, -0.15) is 0 Å². The second-order valence-electron chi connectivity index (χ2n) is 4.69. The minimum absolute atomic E-state index is 0.215. The van der Waals surface area contributed by atoms with Gasteiger partial charge in [-0.15, -0.1) is 0 Å². The van der Waals surface area contributed by atoms with Gasteiger partial charge < -0.3 is 9.84 Å². The molecule has 0 aliphatic carbocycles. The molecule has 0 fully saturated rings. The Morgan fingerprint density at radius 2 is 1.95 bits per heavy atom. The SMILES string of the molecule is CCOC(=O)/C=C/c1cc(C)ccc1-c1ccccc1O. The van der Waals surface area contributed by atoms with Crippen LogP contribution >= 0.6 is 0 Å². The molecule has 2 aromatic rings. The molecule has 1 N–H and O–H groups in total. The second-order valence-corrected chi connectivity index (χ2v) is 4.69. The third-order valence-electron chi connectivity index (χ3n) is 3.09. The molecule has 0 aromatic heterocycles. The van der Waals surface area contributed by atoms with Crippen LogP contribution in [0.25, 0.3) is 17.2 Å². The fourth-order valence-electron chi connectivity index (χ4n) is 2.11. The van der Waals surface area contributed by atoms with E-state index >= 15 is 0 Å². The van der Waals surface area contributed by atoms with E-state index in [1.165, 1.54) is 6.08 Å². The van der Waals surface area contributed by atoms with E-state index in [1.54, 1.807) is 25.1 Å². The predicted molar refractivity (Wildman–Crippen MR) is 83.9 cm³/mol. The lowest BCUT2D eigenvalue weighted by molar-refractivity contribution is -0.137. The zero-order valence-electron chi connectivity index (χ0n) is 12.2. The summed E-state index contributed by atoms with van der Waals surface area (Å²) in [4.78, 5) is 11.5. The van der Waals surface area contributed by atoms with Crippen LogP contribution < -0.4 is 0 Å². The van der Waals surface area contributed by atoms with Gasteiger partial charge in [-0.3, -0.25) is 0 Å². The molecular formula is C18H18O3. The minimum atomic E-state index is -0.373. The molecule has 0 saturated heterocycles. The third kappa shape index (κ3) is 3.72. The van der Waals surface area contributed by atoms with Gasteiger partial charge in [-0.1, -0.05) is 42.0 Å². The van der Waals surface area contributed by atoms with E-state index in [1.807, 2.05) is 37.3 Å². The van der Waals surface area contributed by atoms with E-state index in [2.05, 4.69) is 0 Å². The highest BCUT2D eigenvalue weighted by atomic mass is 16.5. The molecule has 0 radical (unpaired) electrons. The van der Waals surface area contributed by atoms with Crippen molar-refractivity contribution in [2.24, 2.45) is 0 Å². The molecule has 0 amide bonds. The molecule has 0 spiro atoms. The van der Waals surface area contributed by atoms with Crippen LogP contribution in [0.4, 0.5) is 0 Å². The maximum Gasteiger partial charge on any atom is 0.330 e. The fraction of sp³-hybridized carbons (Fsp3) is 0.167. The largest absolute Gasteiger partial charge is 0.507 e. The summed E-state index contributed by atoms with van der Waals surface area (Å²) in [6, 6.07) is 13.0. The van der Waals surface area contributed by atoms with Crippen molar-refractivity contribution in [3.63, 3.8) is 0 Å². The van der Waals surface area contributed by atoms with Crippen LogP contribution in [0.2, 0.25) is 0 Å². The Kier molecular flexibility index (Phi) is 4.77. The van der Waals surface area contributed by atoms with Crippen molar-refractivity contribution in [1.82, 2.24) is 0 Å².